The summed E-state index contributed by atoms with van der Waals surface area (Å²) in [6.45, 7) is 10.4. The monoisotopic (exact) mass is 247 g/mol. The first-order valence-corrected chi connectivity index (χ1v) is 6.86. The van der Waals surface area contributed by atoms with Gasteiger partial charge in [-0.25, -0.2) is 0 Å². The van der Waals surface area contributed by atoms with Crippen molar-refractivity contribution in [2.45, 2.75) is 59.0 Å². The van der Waals surface area contributed by atoms with E-state index in [0.29, 0.717) is 0 Å². The summed E-state index contributed by atoms with van der Waals surface area (Å²) >= 11 is 0. The topological polar surface area (TPSA) is 20.3 Å². The molecule has 2 nitrogen and oxygen atoms in total. The highest BCUT2D eigenvalue weighted by Gasteiger charge is 2.27. The molecule has 0 unspecified atom stereocenters. The lowest BCUT2D eigenvalue weighted by Gasteiger charge is -2.34. The smallest absolute Gasteiger partial charge is 0.230 e. The number of benzene rings is 1. The molecule has 1 aromatic carbocycles. The fourth-order valence-corrected chi connectivity index (χ4v) is 2.52. The van der Waals surface area contributed by atoms with Crippen LogP contribution in [-0.2, 0) is 4.79 Å². The number of carbonyl (C=O) groups excluding carboxylic acids is 1. The van der Waals surface area contributed by atoms with Gasteiger partial charge < -0.3 is 4.90 Å². The average Bonchev–Trinajstić information content (AvgIpc) is 2.30. The van der Waals surface area contributed by atoms with E-state index in [1.807, 2.05) is 35.2 Å². The van der Waals surface area contributed by atoms with E-state index in [1.165, 1.54) is 0 Å². The number of hydrogen-bond acceptors (Lipinski definition) is 1. The Balaban J connectivity index is 2.98. The minimum Gasteiger partial charge on any atom is -0.337 e. The molecule has 0 spiro atoms. The summed E-state index contributed by atoms with van der Waals surface area (Å²) in [5.41, 5.74) is 1.12. The lowest BCUT2D eigenvalue weighted by atomic mass is 9.94. The van der Waals surface area contributed by atoms with Crippen LogP contribution in [0.15, 0.2) is 30.3 Å². The number of rotatable bonds is 5. The van der Waals surface area contributed by atoms with Gasteiger partial charge in [-0.1, -0.05) is 37.3 Å². The van der Waals surface area contributed by atoms with Crippen molar-refractivity contribution in [2.75, 3.05) is 0 Å². The fourth-order valence-electron chi connectivity index (χ4n) is 2.52. The number of carbonyl (C=O) groups is 1. The molecular weight excluding hydrogens is 222 g/mol. The molecule has 0 aliphatic carbocycles. The second-order valence-corrected chi connectivity index (χ2v) is 5.30. The Labute approximate surface area is 111 Å². The standard InChI is InChI=1S/C16H25NO/c1-6-15(14-10-8-7-9-11-14)16(18)17(12(2)3)13(4)5/h7-13,15H,6H2,1-5H3/t15-/m1/s1. The van der Waals surface area contributed by atoms with E-state index in [1.54, 1.807) is 0 Å². The van der Waals surface area contributed by atoms with Crippen LogP contribution in [0.5, 0.6) is 0 Å². The van der Waals surface area contributed by atoms with Gasteiger partial charge in [0.15, 0.2) is 0 Å². The minimum atomic E-state index is -0.0176. The molecular formula is C16H25NO. The predicted molar refractivity (Wildman–Crippen MR) is 76.6 cm³/mol. The third kappa shape index (κ3) is 3.34. The molecule has 18 heavy (non-hydrogen) atoms. The molecule has 0 N–H and O–H groups in total. The minimum absolute atomic E-state index is 0.0176. The zero-order valence-electron chi connectivity index (χ0n) is 12.2. The van der Waals surface area contributed by atoms with Gasteiger partial charge in [-0.3, -0.25) is 4.79 Å². The van der Waals surface area contributed by atoms with Crippen LogP contribution in [0, 0.1) is 0 Å². The quantitative estimate of drug-likeness (QED) is 0.774. The van der Waals surface area contributed by atoms with E-state index in [0.717, 1.165) is 12.0 Å². The predicted octanol–water partition coefficient (Wildman–Crippen LogP) is 3.83. The number of hydrogen-bond donors (Lipinski definition) is 0. The van der Waals surface area contributed by atoms with Gasteiger partial charge in [0.25, 0.3) is 0 Å². The summed E-state index contributed by atoms with van der Waals surface area (Å²) in [5, 5.41) is 0. The molecule has 0 radical (unpaired) electrons. The highest BCUT2D eigenvalue weighted by molar-refractivity contribution is 5.84. The second kappa shape index (κ2) is 6.58. The molecule has 0 bridgehead atoms. The van der Waals surface area contributed by atoms with Crippen LogP contribution in [0.1, 0.15) is 52.5 Å². The van der Waals surface area contributed by atoms with Gasteiger partial charge in [-0.15, -0.1) is 0 Å². The molecule has 0 aromatic heterocycles. The molecule has 1 aromatic rings. The van der Waals surface area contributed by atoms with Gasteiger partial charge in [0.2, 0.25) is 5.91 Å². The van der Waals surface area contributed by atoms with Gasteiger partial charge in [0.1, 0.15) is 0 Å². The van der Waals surface area contributed by atoms with E-state index in [-0.39, 0.29) is 23.9 Å². The summed E-state index contributed by atoms with van der Waals surface area (Å²) in [7, 11) is 0. The molecule has 1 atom stereocenters. The van der Waals surface area contributed by atoms with Crippen molar-refractivity contribution in [1.82, 2.24) is 4.90 Å². The summed E-state index contributed by atoms with van der Waals surface area (Å²) in [5.74, 6) is 0.227. The highest BCUT2D eigenvalue weighted by Crippen LogP contribution is 2.24. The lowest BCUT2D eigenvalue weighted by Crippen LogP contribution is -2.44. The molecule has 0 saturated heterocycles. The molecule has 100 valence electrons. The van der Waals surface area contributed by atoms with Crippen LogP contribution >= 0.6 is 0 Å². The molecule has 1 amide bonds. The molecule has 0 aliphatic rings. The molecule has 0 heterocycles. The van der Waals surface area contributed by atoms with Crippen LogP contribution in [0.4, 0.5) is 0 Å². The summed E-state index contributed by atoms with van der Waals surface area (Å²) < 4.78 is 0. The maximum atomic E-state index is 12.7. The SMILES string of the molecule is CC[C@@H](C(=O)N(C(C)C)C(C)C)c1ccccc1. The Hall–Kier alpha value is -1.31. The molecule has 1 rings (SSSR count). The Bertz CT molecular complexity index is 362. The first-order chi connectivity index (χ1) is 8.49. The van der Waals surface area contributed by atoms with Crippen molar-refractivity contribution in [3.8, 4) is 0 Å². The van der Waals surface area contributed by atoms with Crippen molar-refractivity contribution in [3.05, 3.63) is 35.9 Å². The zero-order valence-corrected chi connectivity index (χ0v) is 12.2. The van der Waals surface area contributed by atoms with Crippen LogP contribution in [0.25, 0.3) is 0 Å². The van der Waals surface area contributed by atoms with E-state index in [9.17, 15) is 4.79 Å². The molecule has 0 fully saturated rings. The van der Waals surface area contributed by atoms with Gasteiger partial charge in [0.05, 0.1) is 5.92 Å². The third-order valence-electron chi connectivity index (χ3n) is 3.28. The van der Waals surface area contributed by atoms with E-state index >= 15 is 0 Å². The molecule has 0 saturated carbocycles. The lowest BCUT2D eigenvalue weighted by molar-refractivity contribution is -0.136. The van der Waals surface area contributed by atoms with E-state index in [4.69, 9.17) is 0 Å². The van der Waals surface area contributed by atoms with Gasteiger partial charge in [-0.2, -0.15) is 0 Å². The van der Waals surface area contributed by atoms with Crippen LogP contribution in [0.2, 0.25) is 0 Å². The first kappa shape index (κ1) is 14.7. The van der Waals surface area contributed by atoms with E-state index in [2.05, 4.69) is 34.6 Å². The molecule has 0 aliphatic heterocycles. The normalized spacial score (nSPS) is 12.8. The molecule has 2 heteroatoms. The van der Waals surface area contributed by atoms with Crippen molar-refractivity contribution < 1.29 is 4.79 Å². The van der Waals surface area contributed by atoms with E-state index < -0.39 is 0 Å². The van der Waals surface area contributed by atoms with Crippen LogP contribution in [0.3, 0.4) is 0 Å². The number of nitrogens with zero attached hydrogens (tertiary/aromatic N) is 1. The summed E-state index contributed by atoms with van der Waals surface area (Å²) in [4.78, 5) is 14.7. The second-order valence-electron chi connectivity index (χ2n) is 5.30. The third-order valence-corrected chi connectivity index (χ3v) is 3.28. The Morgan fingerprint density at radius 1 is 1.06 bits per heavy atom. The maximum Gasteiger partial charge on any atom is 0.230 e. The number of amides is 1. The van der Waals surface area contributed by atoms with Crippen molar-refractivity contribution in [2.24, 2.45) is 0 Å². The van der Waals surface area contributed by atoms with Crippen LogP contribution in [-0.4, -0.2) is 22.9 Å². The fraction of sp³-hybridized carbons (Fsp3) is 0.562. The first-order valence-electron chi connectivity index (χ1n) is 6.86. The van der Waals surface area contributed by atoms with Gasteiger partial charge in [0, 0.05) is 12.1 Å². The van der Waals surface area contributed by atoms with Crippen molar-refractivity contribution in [3.63, 3.8) is 0 Å². The summed E-state index contributed by atoms with van der Waals surface area (Å²) in [6.07, 6.45) is 0.846. The average molecular weight is 247 g/mol. The Morgan fingerprint density at radius 2 is 1.56 bits per heavy atom. The zero-order chi connectivity index (χ0) is 13.7. The highest BCUT2D eigenvalue weighted by atomic mass is 16.2. The van der Waals surface area contributed by atoms with Crippen molar-refractivity contribution >= 4 is 5.91 Å². The van der Waals surface area contributed by atoms with Gasteiger partial charge in [-0.05, 0) is 39.7 Å². The largest absolute Gasteiger partial charge is 0.337 e. The summed E-state index contributed by atoms with van der Waals surface area (Å²) in [6, 6.07) is 10.6. The Kier molecular flexibility index (Phi) is 5.39. The van der Waals surface area contributed by atoms with Crippen LogP contribution < -0.4 is 0 Å². The maximum absolute atomic E-state index is 12.7. The Morgan fingerprint density at radius 3 is 1.94 bits per heavy atom. The van der Waals surface area contributed by atoms with Gasteiger partial charge >= 0.3 is 0 Å². The van der Waals surface area contributed by atoms with Crippen molar-refractivity contribution in [1.29, 1.82) is 0 Å².